The number of benzene rings is 1. The van der Waals surface area contributed by atoms with Gasteiger partial charge in [-0.2, -0.15) is 13.2 Å². The van der Waals surface area contributed by atoms with Gasteiger partial charge in [-0.05, 0) is 18.6 Å². The monoisotopic (exact) mass is 329 g/mol. The normalized spacial score (nSPS) is 11.3. The Hall–Kier alpha value is -2.02. The molecular formula is C15H14F3NO2S. The Morgan fingerprint density at radius 3 is 2.55 bits per heavy atom. The molecule has 0 radical (unpaired) electrons. The summed E-state index contributed by atoms with van der Waals surface area (Å²) in [6.45, 7) is 0.706. The topological polar surface area (TPSA) is 38.3 Å². The molecule has 118 valence electrons. The molecule has 0 aliphatic heterocycles. The van der Waals surface area contributed by atoms with Crippen molar-refractivity contribution in [3.05, 3.63) is 41.3 Å². The zero-order chi connectivity index (χ0) is 16.2. The quantitative estimate of drug-likeness (QED) is 0.897. The number of nitrogens with one attached hydrogen (secondary N) is 1. The fraction of sp³-hybridized carbons (Fsp3) is 0.267. The first-order valence-corrected chi connectivity index (χ1v) is 7.39. The molecule has 0 aliphatic carbocycles. The fourth-order valence-corrected chi connectivity index (χ4v) is 2.82. The van der Waals surface area contributed by atoms with Crippen molar-refractivity contribution in [3.63, 3.8) is 0 Å². The van der Waals surface area contributed by atoms with E-state index in [0.29, 0.717) is 12.4 Å². The average molecular weight is 329 g/mol. The van der Waals surface area contributed by atoms with Crippen LogP contribution in [0.4, 0.5) is 13.2 Å². The van der Waals surface area contributed by atoms with Crippen LogP contribution in [0.2, 0.25) is 0 Å². The van der Waals surface area contributed by atoms with Crippen LogP contribution in [-0.2, 0) is 0 Å². The van der Waals surface area contributed by atoms with Crippen molar-refractivity contribution in [1.82, 2.24) is 5.32 Å². The second-order valence-electron chi connectivity index (χ2n) is 4.40. The summed E-state index contributed by atoms with van der Waals surface area (Å²) >= 11 is 1.11. The SMILES string of the molecule is CCOc1cc(-c2ccccc2)sc1C(=O)NCC(F)(F)F. The Kier molecular flexibility index (Phi) is 5.07. The molecule has 2 aromatic rings. The number of halogens is 3. The molecule has 7 heteroatoms. The molecule has 1 N–H and O–H groups in total. The standard InChI is InChI=1S/C15H14F3NO2S/c1-2-21-11-8-12(10-6-4-3-5-7-10)22-13(11)14(20)19-9-15(16,17)18/h3-8H,2,9H2,1H3,(H,19,20). The maximum absolute atomic E-state index is 12.2. The van der Waals surface area contributed by atoms with Gasteiger partial charge in [0.1, 0.15) is 17.2 Å². The van der Waals surface area contributed by atoms with Gasteiger partial charge in [-0.3, -0.25) is 4.79 Å². The smallest absolute Gasteiger partial charge is 0.405 e. The van der Waals surface area contributed by atoms with Gasteiger partial charge in [0.2, 0.25) is 0 Å². The molecule has 0 atom stereocenters. The summed E-state index contributed by atoms with van der Waals surface area (Å²) in [5.74, 6) is -0.487. The van der Waals surface area contributed by atoms with E-state index in [1.54, 1.807) is 13.0 Å². The molecule has 0 aliphatic rings. The van der Waals surface area contributed by atoms with Crippen molar-refractivity contribution in [2.45, 2.75) is 13.1 Å². The number of alkyl halides is 3. The van der Waals surface area contributed by atoms with Crippen LogP contribution in [0.25, 0.3) is 10.4 Å². The lowest BCUT2D eigenvalue weighted by Crippen LogP contribution is -2.33. The number of rotatable bonds is 5. The highest BCUT2D eigenvalue weighted by Gasteiger charge is 2.29. The minimum absolute atomic E-state index is 0.143. The van der Waals surface area contributed by atoms with Gasteiger partial charge in [-0.25, -0.2) is 0 Å². The molecule has 0 unspecified atom stereocenters. The molecule has 2 rings (SSSR count). The lowest BCUT2D eigenvalue weighted by atomic mass is 10.2. The fourth-order valence-electron chi connectivity index (χ4n) is 1.80. The van der Waals surface area contributed by atoms with Crippen molar-refractivity contribution in [1.29, 1.82) is 0 Å². The van der Waals surface area contributed by atoms with Crippen molar-refractivity contribution < 1.29 is 22.7 Å². The molecule has 3 nitrogen and oxygen atoms in total. The molecule has 0 bridgehead atoms. The lowest BCUT2D eigenvalue weighted by Gasteiger charge is -2.08. The number of hydrogen-bond acceptors (Lipinski definition) is 3. The van der Waals surface area contributed by atoms with E-state index in [2.05, 4.69) is 0 Å². The Bertz CT molecular complexity index is 638. The number of thiophene rings is 1. The van der Waals surface area contributed by atoms with Crippen LogP contribution in [0.15, 0.2) is 36.4 Å². The van der Waals surface area contributed by atoms with Gasteiger partial charge < -0.3 is 10.1 Å². The van der Waals surface area contributed by atoms with Crippen molar-refractivity contribution >= 4 is 17.2 Å². The molecule has 0 saturated carbocycles. The summed E-state index contributed by atoms with van der Waals surface area (Å²) in [5, 5.41) is 1.87. The minimum Gasteiger partial charge on any atom is -0.492 e. The highest BCUT2D eigenvalue weighted by molar-refractivity contribution is 7.17. The van der Waals surface area contributed by atoms with Gasteiger partial charge in [0.15, 0.2) is 0 Å². The Morgan fingerprint density at radius 1 is 1.27 bits per heavy atom. The maximum Gasteiger partial charge on any atom is 0.405 e. The zero-order valence-corrected chi connectivity index (χ0v) is 12.6. The van der Waals surface area contributed by atoms with E-state index in [1.807, 2.05) is 35.6 Å². The lowest BCUT2D eigenvalue weighted by molar-refractivity contribution is -0.123. The number of carbonyl (C=O) groups excluding carboxylic acids is 1. The summed E-state index contributed by atoms with van der Waals surface area (Å²) < 4.78 is 42.0. The predicted octanol–water partition coefficient (Wildman–Crippen LogP) is 4.11. The first-order chi connectivity index (χ1) is 10.4. The van der Waals surface area contributed by atoms with Gasteiger partial charge in [0.25, 0.3) is 5.91 Å². The molecule has 1 amide bonds. The molecule has 0 saturated heterocycles. The summed E-state index contributed by atoms with van der Waals surface area (Å²) in [6.07, 6.45) is -4.44. The molecule has 1 aromatic carbocycles. The van der Waals surface area contributed by atoms with E-state index in [9.17, 15) is 18.0 Å². The Labute approximate surface area is 129 Å². The first-order valence-electron chi connectivity index (χ1n) is 6.57. The second-order valence-corrected chi connectivity index (χ2v) is 5.45. The number of ether oxygens (including phenoxy) is 1. The van der Waals surface area contributed by atoms with Gasteiger partial charge in [0.05, 0.1) is 6.61 Å². The minimum atomic E-state index is -4.44. The molecular weight excluding hydrogens is 315 g/mol. The number of hydrogen-bond donors (Lipinski definition) is 1. The van der Waals surface area contributed by atoms with E-state index >= 15 is 0 Å². The van der Waals surface area contributed by atoms with Crippen molar-refractivity contribution in [2.24, 2.45) is 0 Å². The van der Waals surface area contributed by atoms with E-state index in [1.165, 1.54) is 0 Å². The summed E-state index contributed by atoms with van der Waals surface area (Å²) in [6, 6.07) is 10.9. The van der Waals surface area contributed by atoms with Crippen molar-refractivity contribution in [3.8, 4) is 16.2 Å². The van der Waals surface area contributed by atoms with Gasteiger partial charge in [0, 0.05) is 4.88 Å². The van der Waals surface area contributed by atoms with Crippen LogP contribution >= 0.6 is 11.3 Å². The average Bonchev–Trinajstić information content (AvgIpc) is 2.89. The van der Waals surface area contributed by atoms with Gasteiger partial charge in [-0.15, -0.1) is 11.3 Å². The number of amides is 1. The van der Waals surface area contributed by atoms with E-state index < -0.39 is 18.6 Å². The summed E-state index contributed by atoms with van der Waals surface area (Å²) in [5.41, 5.74) is 0.878. The van der Waals surface area contributed by atoms with E-state index in [-0.39, 0.29) is 4.88 Å². The van der Waals surface area contributed by atoms with Gasteiger partial charge in [-0.1, -0.05) is 30.3 Å². The van der Waals surface area contributed by atoms with E-state index in [0.717, 1.165) is 21.8 Å². The first kappa shape index (κ1) is 16.4. The largest absolute Gasteiger partial charge is 0.492 e. The molecule has 22 heavy (non-hydrogen) atoms. The van der Waals surface area contributed by atoms with Crippen molar-refractivity contribution in [2.75, 3.05) is 13.2 Å². The number of carbonyl (C=O) groups is 1. The molecule has 1 aromatic heterocycles. The third-order valence-corrected chi connectivity index (χ3v) is 3.88. The Balaban J connectivity index is 2.26. The van der Waals surface area contributed by atoms with Crippen LogP contribution in [0.5, 0.6) is 5.75 Å². The van der Waals surface area contributed by atoms with Crippen LogP contribution in [0.1, 0.15) is 16.6 Å². The van der Waals surface area contributed by atoms with Crippen LogP contribution < -0.4 is 10.1 Å². The van der Waals surface area contributed by atoms with Crippen LogP contribution in [0, 0.1) is 0 Å². The Morgan fingerprint density at radius 2 is 1.95 bits per heavy atom. The maximum atomic E-state index is 12.2. The second kappa shape index (κ2) is 6.83. The molecule has 0 fully saturated rings. The predicted molar refractivity (Wildman–Crippen MR) is 79.3 cm³/mol. The third kappa shape index (κ3) is 4.24. The van der Waals surface area contributed by atoms with Gasteiger partial charge >= 0.3 is 6.18 Å². The summed E-state index contributed by atoms with van der Waals surface area (Å²) in [4.78, 5) is 12.9. The third-order valence-electron chi connectivity index (χ3n) is 2.71. The highest BCUT2D eigenvalue weighted by atomic mass is 32.1. The van der Waals surface area contributed by atoms with Crippen LogP contribution in [0.3, 0.4) is 0 Å². The zero-order valence-electron chi connectivity index (χ0n) is 11.7. The molecule has 1 heterocycles. The van der Waals surface area contributed by atoms with E-state index in [4.69, 9.17) is 4.74 Å². The molecule has 0 spiro atoms. The summed E-state index contributed by atoms with van der Waals surface area (Å²) in [7, 11) is 0. The highest BCUT2D eigenvalue weighted by Crippen LogP contribution is 2.36. The van der Waals surface area contributed by atoms with Crippen LogP contribution in [-0.4, -0.2) is 25.2 Å².